The number of rotatable bonds is 11. The molecule has 0 aliphatic heterocycles. The van der Waals surface area contributed by atoms with Gasteiger partial charge in [0.25, 0.3) is 0 Å². The molecule has 0 radical (unpaired) electrons. The van der Waals surface area contributed by atoms with Crippen molar-refractivity contribution in [2.24, 2.45) is 0 Å². The normalized spacial score (nSPS) is 11.8. The van der Waals surface area contributed by atoms with Gasteiger partial charge in [-0.1, -0.05) is 78.4 Å². The maximum absolute atomic E-state index is 13.1. The molecule has 0 aliphatic carbocycles. The van der Waals surface area contributed by atoms with Gasteiger partial charge in [-0.05, 0) is 53.9 Å². The molecule has 0 unspecified atom stereocenters. The van der Waals surface area contributed by atoms with Gasteiger partial charge < -0.3 is 19.4 Å². The molecule has 4 aromatic carbocycles. The summed E-state index contributed by atoms with van der Waals surface area (Å²) in [5, 5.41) is 4.15. The van der Waals surface area contributed by atoms with Crippen molar-refractivity contribution in [3.05, 3.63) is 132 Å². The van der Waals surface area contributed by atoms with Crippen molar-refractivity contribution in [3.8, 4) is 11.5 Å². The Morgan fingerprint density at radius 1 is 0.872 bits per heavy atom. The van der Waals surface area contributed by atoms with Crippen LogP contribution < -0.4 is 10.1 Å². The quantitative estimate of drug-likeness (QED) is 0.190. The van der Waals surface area contributed by atoms with Gasteiger partial charge >= 0.3 is 0 Å². The van der Waals surface area contributed by atoms with Crippen LogP contribution in [0.25, 0.3) is 10.9 Å². The van der Waals surface area contributed by atoms with E-state index in [2.05, 4.69) is 77.6 Å². The summed E-state index contributed by atoms with van der Waals surface area (Å²) in [5.74, 6) is 1.35. The third kappa shape index (κ3) is 6.57. The molecule has 1 aromatic heterocycles. The average molecular weight is 519 g/mol. The molecule has 5 heteroatoms. The van der Waals surface area contributed by atoms with E-state index >= 15 is 0 Å². The molecular formula is C34H34N2O3. The Morgan fingerprint density at radius 3 is 2.41 bits per heavy atom. The molecule has 1 amide bonds. The summed E-state index contributed by atoms with van der Waals surface area (Å²) in [6.45, 7) is 3.82. The summed E-state index contributed by atoms with van der Waals surface area (Å²) in [7, 11) is 1.64. The molecule has 1 atom stereocenters. The Kier molecular flexibility index (Phi) is 8.39. The highest BCUT2D eigenvalue weighted by Crippen LogP contribution is 2.37. The van der Waals surface area contributed by atoms with Gasteiger partial charge in [0.05, 0.1) is 6.61 Å². The molecular weight excluding hydrogens is 484 g/mol. The first-order valence-electron chi connectivity index (χ1n) is 13.3. The Morgan fingerprint density at radius 2 is 1.62 bits per heavy atom. The fourth-order valence-electron chi connectivity index (χ4n) is 4.95. The van der Waals surface area contributed by atoms with Crippen LogP contribution in [0.1, 0.15) is 34.6 Å². The molecule has 0 fully saturated rings. The zero-order chi connectivity index (χ0) is 27.0. The largest absolute Gasteiger partial charge is 0.457 e. The van der Waals surface area contributed by atoms with E-state index in [9.17, 15) is 4.79 Å². The third-order valence-corrected chi connectivity index (χ3v) is 6.93. The van der Waals surface area contributed by atoms with Gasteiger partial charge in [-0.2, -0.15) is 0 Å². The summed E-state index contributed by atoms with van der Waals surface area (Å²) in [6, 6.07) is 34.9. The fourth-order valence-corrected chi connectivity index (χ4v) is 4.95. The molecule has 198 valence electrons. The van der Waals surface area contributed by atoms with E-state index in [1.807, 2.05) is 48.5 Å². The van der Waals surface area contributed by atoms with Crippen molar-refractivity contribution in [1.29, 1.82) is 0 Å². The van der Waals surface area contributed by atoms with E-state index in [1.165, 1.54) is 11.1 Å². The molecule has 5 aromatic rings. The average Bonchev–Trinajstić information content (AvgIpc) is 3.32. The number of hydrogen-bond donors (Lipinski definition) is 1. The Bertz CT molecular complexity index is 1520. The van der Waals surface area contributed by atoms with Crippen molar-refractivity contribution in [1.82, 2.24) is 9.88 Å². The predicted octanol–water partition coefficient (Wildman–Crippen LogP) is 7.07. The summed E-state index contributed by atoms with van der Waals surface area (Å²) in [4.78, 5) is 13.1. The van der Waals surface area contributed by atoms with Gasteiger partial charge in [0, 0.05) is 49.6 Å². The number of para-hydroxylation sites is 2. The van der Waals surface area contributed by atoms with Gasteiger partial charge in [-0.15, -0.1) is 0 Å². The Labute approximate surface area is 230 Å². The standard InChI is InChI=1S/C34H34N2O3/c1-25-15-17-26(18-16-25)23-36-24-32(30-13-6-7-14-33(30)36)31(22-34(37)35-19-20-38-2)27-9-8-12-29(21-27)39-28-10-4-3-5-11-28/h3-18,21,24,31H,19-20,22-23H2,1-2H3,(H,35,37)/t31-/m1/s1. The molecule has 0 saturated carbocycles. The van der Waals surface area contributed by atoms with E-state index < -0.39 is 0 Å². The van der Waals surface area contributed by atoms with Crippen molar-refractivity contribution in [3.63, 3.8) is 0 Å². The summed E-state index contributed by atoms with van der Waals surface area (Å²) >= 11 is 0. The smallest absolute Gasteiger partial charge is 0.221 e. The highest BCUT2D eigenvalue weighted by Gasteiger charge is 2.23. The van der Waals surface area contributed by atoms with Crippen LogP contribution in [0.3, 0.4) is 0 Å². The van der Waals surface area contributed by atoms with Crippen LogP contribution in [0, 0.1) is 6.92 Å². The maximum atomic E-state index is 13.1. The van der Waals surface area contributed by atoms with Crippen LogP contribution in [-0.4, -0.2) is 30.7 Å². The second-order valence-electron chi connectivity index (χ2n) is 9.80. The molecule has 0 aliphatic rings. The second kappa shape index (κ2) is 12.5. The third-order valence-electron chi connectivity index (χ3n) is 6.93. The second-order valence-corrected chi connectivity index (χ2v) is 9.80. The first-order chi connectivity index (χ1) is 19.1. The van der Waals surface area contributed by atoms with E-state index in [0.717, 1.165) is 40.1 Å². The minimum Gasteiger partial charge on any atom is -0.457 e. The Balaban J connectivity index is 1.53. The highest BCUT2D eigenvalue weighted by molar-refractivity contribution is 5.87. The molecule has 1 N–H and O–H groups in total. The number of nitrogens with zero attached hydrogens (tertiary/aromatic N) is 1. The highest BCUT2D eigenvalue weighted by atomic mass is 16.5. The van der Waals surface area contributed by atoms with Crippen LogP contribution in [0.2, 0.25) is 0 Å². The van der Waals surface area contributed by atoms with Crippen molar-refractivity contribution >= 4 is 16.8 Å². The minimum absolute atomic E-state index is 0.0122. The monoisotopic (exact) mass is 518 g/mol. The minimum atomic E-state index is -0.156. The van der Waals surface area contributed by atoms with Crippen molar-refractivity contribution < 1.29 is 14.3 Å². The number of carbonyl (C=O) groups is 1. The number of methoxy groups -OCH3 is 1. The van der Waals surface area contributed by atoms with Gasteiger partial charge in [-0.25, -0.2) is 0 Å². The molecule has 39 heavy (non-hydrogen) atoms. The number of nitrogens with one attached hydrogen (secondary N) is 1. The van der Waals surface area contributed by atoms with E-state index in [1.54, 1.807) is 7.11 Å². The lowest BCUT2D eigenvalue weighted by Crippen LogP contribution is -2.28. The van der Waals surface area contributed by atoms with E-state index in [0.29, 0.717) is 19.6 Å². The first-order valence-corrected chi connectivity index (χ1v) is 13.3. The lowest BCUT2D eigenvalue weighted by molar-refractivity contribution is -0.121. The zero-order valence-electron chi connectivity index (χ0n) is 22.5. The molecule has 5 rings (SSSR count). The van der Waals surface area contributed by atoms with Gasteiger partial charge in [-0.3, -0.25) is 4.79 Å². The van der Waals surface area contributed by atoms with Crippen molar-refractivity contribution in [2.45, 2.75) is 25.8 Å². The molecule has 5 nitrogen and oxygen atoms in total. The number of aromatic nitrogens is 1. The van der Waals surface area contributed by atoms with E-state index in [-0.39, 0.29) is 11.8 Å². The maximum Gasteiger partial charge on any atom is 0.221 e. The molecule has 1 heterocycles. The number of hydrogen-bond acceptors (Lipinski definition) is 3. The lowest BCUT2D eigenvalue weighted by atomic mass is 9.88. The summed E-state index contributed by atoms with van der Waals surface area (Å²) in [6.07, 6.45) is 2.53. The predicted molar refractivity (Wildman–Crippen MR) is 157 cm³/mol. The zero-order valence-corrected chi connectivity index (χ0v) is 22.5. The van der Waals surface area contributed by atoms with Gasteiger partial charge in [0.15, 0.2) is 0 Å². The first kappa shape index (κ1) is 26.3. The number of amides is 1. The molecule has 0 spiro atoms. The molecule has 0 saturated heterocycles. The van der Waals surface area contributed by atoms with Crippen LogP contribution >= 0.6 is 0 Å². The van der Waals surface area contributed by atoms with Crippen LogP contribution in [0.5, 0.6) is 11.5 Å². The van der Waals surface area contributed by atoms with Crippen molar-refractivity contribution in [2.75, 3.05) is 20.3 Å². The number of aryl methyl sites for hydroxylation is 1. The number of ether oxygens (including phenoxy) is 2. The van der Waals surface area contributed by atoms with Crippen LogP contribution in [0.4, 0.5) is 0 Å². The van der Waals surface area contributed by atoms with Crippen LogP contribution in [0.15, 0.2) is 109 Å². The fraction of sp³-hybridized carbons (Fsp3) is 0.206. The molecule has 0 bridgehead atoms. The summed E-state index contributed by atoms with van der Waals surface area (Å²) in [5.41, 5.74) is 5.78. The SMILES string of the molecule is COCCNC(=O)C[C@H](c1cccc(Oc2ccccc2)c1)c1cn(Cc2ccc(C)cc2)c2ccccc12. The van der Waals surface area contributed by atoms with Gasteiger partial charge in [0.1, 0.15) is 11.5 Å². The van der Waals surface area contributed by atoms with Gasteiger partial charge in [0.2, 0.25) is 5.91 Å². The van der Waals surface area contributed by atoms with Crippen LogP contribution in [-0.2, 0) is 16.1 Å². The number of benzene rings is 4. The Hall–Kier alpha value is -4.35. The number of carbonyl (C=O) groups excluding carboxylic acids is 1. The topological polar surface area (TPSA) is 52.5 Å². The summed E-state index contributed by atoms with van der Waals surface area (Å²) < 4.78 is 13.6. The number of fused-ring (bicyclic) bond motifs is 1. The van der Waals surface area contributed by atoms with E-state index in [4.69, 9.17) is 9.47 Å². The lowest BCUT2D eigenvalue weighted by Gasteiger charge is -2.18.